The predicted octanol–water partition coefficient (Wildman–Crippen LogP) is 3.54. The molecule has 0 radical (unpaired) electrons. The highest BCUT2D eigenvalue weighted by atomic mass is 127. The molecule has 0 atom stereocenters. The van der Waals surface area contributed by atoms with E-state index in [9.17, 15) is 0 Å². The summed E-state index contributed by atoms with van der Waals surface area (Å²) in [6, 6.07) is 0. The van der Waals surface area contributed by atoms with E-state index in [2.05, 4.69) is 29.5 Å². The Bertz CT molecular complexity index is 33.9. The summed E-state index contributed by atoms with van der Waals surface area (Å²) in [5.41, 5.74) is 0. The van der Waals surface area contributed by atoms with Gasteiger partial charge in [-0.25, -0.2) is 0 Å². The van der Waals surface area contributed by atoms with Crippen molar-refractivity contribution in [1.82, 2.24) is 0 Å². The smallest absolute Gasteiger partial charge is 0.000473 e. The van der Waals surface area contributed by atoms with Gasteiger partial charge in [-0.3, -0.25) is 4.70 Å². The second kappa shape index (κ2) is 11.5. The third kappa shape index (κ3) is 12.0. The van der Waals surface area contributed by atoms with Gasteiger partial charge >= 0.3 is 0 Å². The van der Waals surface area contributed by atoms with Crippen LogP contribution in [0.2, 0.25) is 0 Å². The minimum absolute atomic E-state index is 0. The summed E-state index contributed by atoms with van der Waals surface area (Å²) in [6.07, 6.45) is 7.09. The maximum Gasteiger partial charge on any atom is -0.000473 e. The van der Waals surface area contributed by atoms with Crippen molar-refractivity contribution in [2.24, 2.45) is 0 Å². The highest BCUT2D eigenvalue weighted by Crippen LogP contribution is 2.03. The molecule has 0 aliphatic rings. The Kier molecular flexibility index (Phi) is 15.7. The maximum absolute atomic E-state index is 2.44. The zero-order chi connectivity index (χ0) is 6.24. The summed E-state index contributed by atoms with van der Waals surface area (Å²) < 4.78 is 1.33. The van der Waals surface area contributed by atoms with Gasteiger partial charge in [0.25, 0.3) is 0 Å². The van der Waals surface area contributed by atoms with Crippen LogP contribution in [0.15, 0.2) is 0 Å². The highest BCUT2D eigenvalue weighted by molar-refractivity contribution is 14.1. The molecule has 0 amide bonds. The van der Waals surface area contributed by atoms with Crippen molar-refractivity contribution >= 4 is 22.6 Å². The second-order valence-corrected chi connectivity index (χ2v) is 3.18. The van der Waals surface area contributed by atoms with Crippen molar-refractivity contribution in [3.8, 4) is 0 Å². The Labute approximate surface area is 70.9 Å². The van der Waals surface area contributed by atoms with Crippen molar-refractivity contribution in [3.63, 3.8) is 0 Å². The van der Waals surface area contributed by atoms with Gasteiger partial charge in [0, 0.05) is 0 Å². The molecule has 0 unspecified atom stereocenters. The first-order valence-electron chi connectivity index (χ1n) is 3.47. The predicted molar refractivity (Wildman–Crippen MR) is 50.1 cm³/mol. The molecule has 0 saturated carbocycles. The molecule has 58 valence electrons. The second-order valence-electron chi connectivity index (χ2n) is 2.10. The van der Waals surface area contributed by atoms with Gasteiger partial charge in [0.2, 0.25) is 0 Å². The molecular weight excluding hydrogens is 230 g/mol. The van der Waals surface area contributed by atoms with E-state index in [-0.39, 0.29) is 4.70 Å². The van der Waals surface area contributed by atoms with Crippen LogP contribution in [0.1, 0.15) is 39.0 Å². The minimum Gasteiger partial charge on any atom is -0.269 e. The average Bonchev–Trinajstić information content (AvgIpc) is 1.81. The fraction of sp³-hybridized carbons (Fsp3) is 1.00. The van der Waals surface area contributed by atoms with Crippen LogP contribution in [-0.2, 0) is 0 Å². The van der Waals surface area contributed by atoms with Crippen molar-refractivity contribution < 1.29 is 4.70 Å². The van der Waals surface area contributed by atoms with Crippen LogP contribution in [0, 0.1) is 0 Å². The van der Waals surface area contributed by atoms with Gasteiger partial charge in [0.15, 0.2) is 0 Å². The number of alkyl halides is 1. The summed E-state index contributed by atoms with van der Waals surface area (Å²) >= 11 is 2.44. The van der Waals surface area contributed by atoms with E-state index < -0.39 is 0 Å². The highest BCUT2D eigenvalue weighted by Gasteiger charge is 1.84. The van der Waals surface area contributed by atoms with Crippen LogP contribution < -0.4 is 0 Å². The van der Waals surface area contributed by atoms with Gasteiger partial charge in [0.1, 0.15) is 0 Å². The number of rotatable bonds is 5. The lowest BCUT2D eigenvalue weighted by molar-refractivity contribution is 0.662. The SMILES string of the molecule is CCCCCCCI.F. The van der Waals surface area contributed by atoms with E-state index in [1.54, 1.807) is 0 Å². The molecule has 0 aromatic heterocycles. The van der Waals surface area contributed by atoms with Crippen LogP contribution in [0.5, 0.6) is 0 Å². The first-order chi connectivity index (χ1) is 3.91. The standard InChI is InChI=1S/C7H15I.FH/c1-2-3-4-5-6-7-8;/h2-7H2,1H3;1H. The molecule has 0 saturated heterocycles. The summed E-state index contributed by atoms with van der Waals surface area (Å²) in [5.74, 6) is 0. The zero-order valence-electron chi connectivity index (χ0n) is 6.03. The molecule has 0 aromatic carbocycles. The van der Waals surface area contributed by atoms with Gasteiger partial charge in [-0.15, -0.1) is 0 Å². The molecular formula is C7H16FI. The first-order valence-corrected chi connectivity index (χ1v) is 5.00. The fourth-order valence-corrected chi connectivity index (χ4v) is 1.24. The largest absolute Gasteiger partial charge is 0.269 e. The van der Waals surface area contributed by atoms with Gasteiger partial charge in [-0.2, -0.15) is 0 Å². The van der Waals surface area contributed by atoms with Gasteiger partial charge in [0.05, 0.1) is 0 Å². The Hall–Kier alpha value is 0.660. The third-order valence-electron chi connectivity index (χ3n) is 1.24. The van der Waals surface area contributed by atoms with Crippen LogP contribution in [-0.4, -0.2) is 4.43 Å². The van der Waals surface area contributed by atoms with Crippen LogP contribution in [0.3, 0.4) is 0 Å². The molecule has 2 heteroatoms. The topological polar surface area (TPSA) is 0 Å². The van der Waals surface area contributed by atoms with Crippen LogP contribution in [0.4, 0.5) is 4.70 Å². The van der Waals surface area contributed by atoms with Crippen LogP contribution in [0.25, 0.3) is 0 Å². The quantitative estimate of drug-likeness (QED) is 0.395. The molecule has 0 aliphatic carbocycles. The van der Waals surface area contributed by atoms with Crippen molar-refractivity contribution in [3.05, 3.63) is 0 Å². The molecule has 0 spiro atoms. The summed E-state index contributed by atoms with van der Waals surface area (Å²) in [4.78, 5) is 0. The van der Waals surface area contributed by atoms with Crippen LogP contribution >= 0.6 is 22.6 Å². The van der Waals surface area contributed by atoms with E-state index in [0.29, 0.717) is 0 Å². The van der Waals surface area contributed by atoms with E-state index in [1.807, 2.05) is 0 Å². The summed E-state index contributed by atoms with van der Waals surface area (Å²) in [6.45, 7) is 2.25. The molecule has 0 bridgehead atoms. The summed E-state index contributed by atoms with van der Waals surface area (Å²) in [7, 11) is 0. The molecule has 0 fully saturated rings. The Morgan fingerprint density at radius 2 is 1.56 bits per heavy atom. The Balaban J connectivity index is 0. The van der Waals surface area contributed by atoms with Gasteiger partial charge in [-0.1, -0.05) is 55.2 Å². The molecule has 0 heterocycles. The van der Waals surface area contributed by atoms with E-state index in [4.69, 9.17) is 0 Å². The lowest BCUT2D eigenvalue weighted by Crippen LogP contribution is -1.76. The molecule has 9 heavy (non-hydrogen) atoms. The minimum atomic E-state index is 0. The number of halogens is 2. The lowest BCUT2D eigenvalue weighted by Gasteiger charge is -1.93. The molecule has 0 aromatic rings. The van der Waals surface area contributed by atoms with E-state index >= 15 is 0 Å². The number of hydrogen-bond donors (Lipinski definition) is 0. The number of unbranched alkanes of at least 4 members (excludes halogenated alkanes) is 4. The molecule has 0 N–H and O–H groups in total. The average molecular weight is 246 g/mol. The molecule has 0 aliphatic heterocycles. The first kappa shape index (κ1) is 12.3. The zero-order valence-corrected chi connectivity index (χ0v) is 8.19. The monoisotopic (exact) mass is 246 g/mol. The fourth-order valence-electron chi connectivity index (χ4n) is 0.698. The Morgan fingerprint density at radius 1 is 1.00 bits per heavy atom. The number of hydrogen-bond acceptors (Lipinski definition) is 0. The maximum atomic E-state index is 2.44. The van der Waals surface area contributed by atoms with Crippen molar-refractivity contribution in [1.29, 1.82) is 0 Å². The third-order valence-corrected chi connectivity index (χ3v) is 2.00. The van der Waals surface area contributed by atoms with Crippen molar-refractivity contribution in [2.45, 2.75) is 39.0 Å². The van der Waals surface area contributed by atoms with Gasteiger partial charge in [-0.05, 0) is 10.8 Å². The summed E-state index contributed by atoms with van der Waals surface area (Å²) in [5, 5.41) is 0. The molecule has 0 rings (SSSR count). The van der Waals surface area contributed by atoms with E-state index in [0.717, 1.165) is 0 Å². The molecule has 0 nitrogen and oxygen atoms in total. The normalized spacial score (nSPS) is 8.67. The lowest BCUT2D eigenvalue weighted by atomic mass is 10.2. The Morgan fingerprint density at radius 3 is 2.00 bits per heavy atom. The van der Waals surface area contributed by atoms with Gasteiger partial charge < -0.3 is 0 Å². The van der Waals surface area contributed by atoms with Crippen molar-refractivity contribution in [2.75, 3.05) is 4.43 Å². The van der Waals surface area contributed by atoms with E-state index in [1.165, 1.54) is 36.5 Å².